The minimum atomic E-state index is -0.0223. The van der Waals surface area contributed by atoms with Crippen molar-refractivity contribution < 1.29 is 4.79 Å². The molecule has 1 atom stereocenters. The minimum absolute atomic E-state index is 0.0223. The van der Waals surface area contributed by atoms with E-state index in [-0.39, 0.29) is 5.91 Å². The molecule has 3 N–H and O–H groups in total. The molecule has 0 saturated carbocycles. The lowest BCUT2D eigenvalue weighted by molar-refractivity contribution is -0.117. The molecule has 1 aromatic carbocycles. The zero-order valence-electron chi connectivity index (χ0n) is 11.6. The van der Waals surface area contributed by atoms with E-state index >= 15 is 0 Å². The van der Waals surface area contributed by atoms with Gasteiger partial charge >= 0.3 is 0 Å². The maximum atomic E-state index is 11.9. The van der Waals surface area contributed by atoms with Crippen LogP contribution in [-0.4, -0.2) is 35.4 Å². The maximum Gasteiger partial charge on any atom is 0.238 e. The monoisotopic (exact) mass is 279 g/mol. The van der Waals surface area contributed by atoms with Gasteiger partial charge in [0.1, 0.15) is 4.99 Å². The van der Waals surface area contributed by atoms with Crippen LogP contribution in [0.4, 0.5) is 5.69 Å². The lowest BCUT2D eigenvalue weighted by atomic mass is 10.2. The number of benzene rings is 1. The first-order valence-corrected chi connectivity index (χ1v) is 6.74. The number of amides is 1. The average Bonchev–Trinajstić information content (AvgIpc) is 2.38. The SMILES string of the molecule is CCC(C)N(C)CC(=O)Nc1ccc(C(N)=S)cc1. The van der Waals surface area contributed by atoms with Crippen LogP contribution in [0.25, 0.3) is 0 Å². The highest BCUT2D eigenvalue weighted by molar-refractivity contribution is 7.80. The first kappa shape index (κ1) is 15.6. The van der Waals surface area contributed by atoms with Crippen LogP contribution in [0.5, 0.6) is 0 Å². The third kappa shape index (κ3) is 4.96. The molecule has 0 spiro atoms. The van der Waals surface area contributed by atoms with Crippen LogP contribution in [0.1, 0.15) is 25.8 Å². The highest BCUT2D eigenvalue weighted by atomic mass is 32.1. The number of carbonyl (C=O) groups excluding carboxylic acids is 1. The van der Waals surface area contributed by atoms with E-state index in [1.165, 1.54) is 0 Å². The largest absolute Gasteiger partial charge is 0.389 e. The van der Waals surface area contributed by atoms with E-state index in [1.807, 2.05) is 11.9 Å². The summed E-state index contributed by atoms with van der Waals surface area (Å²) in [4.78, 5) is 14.2. The Labute approximate surface area is 120 Å². The zero-order valence-corrected chi connectivity index (χ0v) is 12.5. The molecule has 0 aromatic heterocycles. The van der Waals surface area contributed by atoms with Crippen molar-refractivity contribution in [1.29, 1.82) is 0 Å². The first-order valence-electron chi connectivity index (χ1n) is 6.34. The van der Waals surface area contributed by atoms with Crippen LogP contribution < -0.4 is 11.1 Å². The van der Waals surface area contributed by atoms with Crippen LogP contribution in [0.3, 0.4) is 0 Å². The van der Waals surface area contributed by atoms with Crippen molar-refractivity contribution in [1.82, 2.24) is 4.90 Å². The van der Waals surface area contributed by atoms with Gasteiger partial charge in [-0.15, -0.1) is 0 Å². The third-order valence-corrected chi connectivity index (χ3v) is 3.43. The van der Waals surface area contributed by atoms with Gasteiger partial charge in [0.2, 0.25) is 5.91 Å². The number of nitrogens with one attached hydrogen (secondary N) is 1. The Bertz CT molecular complexity index is 445. The molecule has 0 fully saturated rings. The highest BCUT2D eigenvalue weighted by Gasteiger charge is 2.11. The Morgan fingerprint density at radius 2 is 2.00 bits per heavy atom. The Kier molecular flexibility index (Phi) is 5.92. The number of hydrogen-bond acceptors (Lipinski definition) is 3. The number of likely N-dealkylation sites (N-methyl/N-ethyl adjacent to an activating group) is 1. The van der Waals surface area contributed by atoms with Crippen molar-refractivity contribution in [3.05, 3.63) is 29.8 Å². The van der Waals surface area contributed by atoms with Gasteiger partial charge in [0.15, 0.2) is 0 Å². The standard InChI is InChI=1S/C14H21N3OS/c1-4-10(2)17(3)9-13(18)16-12-7-5-11(6-8-12)14(15)19/h5-8,10H,4,9H2,1-3H3,(H2,15,19)(H,16,18). The smallest absolute Gasteiger partial charge is 0.238 e. The van der Waals surface area contributed by atoms with E-state index in [0.717, 1.165) is 17.7 Å². The van der Waals surface area contributed by atoms with Gasteiger partial charge in [-0.2, -0.15) is 0 Å². The van der Waals surface area contributed by atoms with E-state index in [4.69, 9.17) is 18.0 Å². The summed E-state index contributed by atoms with van der Waals surface area (Å²) < 4.78 is 0. The second-order valence-electron chi connectivity index (χ2n) is 4.66. The lowest BCUT2D eigenvalue weighted by Crippen LogP contribution is -2.36. The predicted octanol–water partition coefficient (Wildman–Crippen LogP) is 1.99. The first-order chi connectivity index (χ1) is 8.93. The molecule has 0 saturated heterocycles. The van der Waals surface area contributed by atoms with Crippen molar-refractivity contribution in [3.63, 3.8) is 0 Å². The summed E-state index contributed by atoms with van der Waals surface area (Å²) in [5, 5.41) is 2.85. The van der Waals surface area contributed by atoms with Gasteiger partial charge in [-0.1, -0.05) is 19.1 Å². The van der Waals surface area contributed by atoms with Crippen molar-refractivity contribution in [2.45, 2.75) is 26.3 Å². The number of hydrogen-bond donors (Lipinski definition) is 2. The number of rotatable bonds is 6. The third-order valence-electron chi connectivity index (χ3n) is 3.19. The highest BCUT2D eigenvalue weighted by Crippen LogP contribution is 2.10. The van der Waals surface area contributed by atoms with Crippen LogP contribution >= 0.6 is 12.2 Å². The molecule has 5 heteroatoms. The fourth-order valence-corrected chi connectivity index (χ4v) is 1.75. The van der Waals surface area contributed by atoms with E-state index in [0.29, 0.717) is 17.6 Å². The topological polar surface area (TPSA) is 58.4 Å². The molecule has 0 radical (unpaired) electrons. The van der Waals surface area contributed by atoms with Gasteiger partial charge in [0.25, 0.3) is 0 Å². The molecule has 19 heavy (non-hydrogen) atoms. The minimum Gasteiger partial charge on any atom is -0.389 e. The second-order valence-corrected chi connectivity index (χ2v) is 5.10. The zero-order chi connectivity index (χ0) is 14.4. The number of nitrogens with zero attached hydrogens (tertiary/aromatic N) is 1. The van der Waals surface area contributed by atoms with E-state index < -0.39 is 0 Å². The summed E-state index contributed by atoms with van der Waals surface area (Å²) in [6.45, 7) is 4.59. The fraction of sp³-hybridized carbons (Fsp3) is 0.429. The Morgan fingerprint density at radius 3 is 2.47 bits per heavy atom. The summed E-state index contributed by atoms with van der Waals surface area (Å²) >= 11 is 4.88. The normalized spacial score (nSPS) is 12.2. The number of carbonyl (C=O) groups is 1. The van der Waals surface area contributed by atoms with Gasteiger partial charge in [-0.05, 0) is 44.7 Å². The molecule has 1 rings (SSSR count). The summed E-state index contributed by atoms with van der Waals surface area (Å²) in [5.41, 5.74) is 7.07. The molecular formula is C14H21N3OS. The van der Waals surface area contributed by atoms with Gasteiger partial charge in [0, 0.05) is 17.3 Å². The van der Waals surface area contributed by atoms with Gasteiger partial charge in [0.05, 0.1) is 6.54 Å². The van der Waals surface area contributed by atoms with Crippen molar-refractivity contribution in [3.8, 4) is 0 Å². The molecule has 0 heterocycles. The Hall–Kier alpha value is -1.46. The van der Waals surface area contributed by atoms with Crippen molar-refractivity contribution in [2.75, 3.05) is 18.9 Å². The maximum absolute atomic E-state index is 11.9. The van der Waals surface area contributed by atoms with Crippen molar-refractivity contribution >= 4 is 28.8 Å². The molecule has 0 bridgehead atoms. The molecule has 4 nitrogen and oxygen atoms in total. The van der Waals surface area contributed by atoms with Crippen LogP contribution in [0, 0.1) is 0 Å². The molecular weight excluding hydrogens is 258 g/mol. The summed E-state index contributed by atoms with van der Waals surface area (Å²) in [6, 6.07) is 7.60. The van der Waals surface area contributed by atoms with E-state index in [9.17, 15) is 4.79 Å². The lowest BCUT2D eigenvalue weighted by Gasteiger charge is -2.22. The van der Waals surface area contributed by atoms with Crippen molar-refractivity contribution in [2.24, 2.45) is 5.73 Å². The molecule has 0 aliphatic carbocycles. The summed E-state index contributed by atoms with van der Waals surface area (Å²) in [7, 11) is 1.95. The molecule has 0 aliphatic rings. The van der Waals surface area contributed by atoms with Gasteiger partial charge < -0.3 is 11.1 Å². The molecule has 104 valence electrons. The number of thiocarbonyl (C=S) groups is 1. The molecule has 1 amide bonds. The van der Waals surface area contributed by atoms with Gasteiger partial charge in [-0.3, -0.25) is 9.69 Å². The summed E-state index contributed by atoms with van der Waals surface area (Å²) in [5.74, 6) is -0.0223. The number of nitrogens with two attached hydrogens (primary N) is 1. The summed E-state index contributed by atoms with van der Waals surface area (Å²) in [6.07, 6.45) is 1.02. The van der Waals surface area contributed by atoms with E-state index in [2.05, 4.69) is 19.2 Å². The second kappa shape index (κ2) is 7.21. The predicted molar refractivity (Wildman–Crippen MR) is 83.3 cm³/mol. The van der Waals surface area contributed by atoms with Crippen LogP contribution in [0.15, 0.2) is 24.3 Å². The van der Waals surface area contributed by atoms with Crippen LogP contribution in [0.2, 0.25) is 0 Å². The van der Waals surface area contributed by atoms with Gasteiger partial charge in [-0.25, -0.2) is 0 Å². The molecule has 1 unspecified atom stereocenters. The van der Waals surface area contributed by atoms with E-state index in [1.54, 1.807) is 24.3 Å². The number of anilines is 1. The van der Waals surface area contributed by atoms with Crippen LogP contribution in [-0.2, 0) is 4.79 Å². The molecule has 0 aliphatic heterocycles. The Morgan fingerprint density at radius 1 is 1.42 bits per heavy atom. The molecule has 1 aromatic rings. The fourth-order valence-electron chi connectivity index (χ4n) is 1.61. The quantitative estimate of drug-likeness (QED) is 0.782. The Balaban J connectivity index is 2.55. The average molecular weight is 279 g/mol.